The average Bonchev–Trinajstić information content (AvgIpc) is 3.35. The van der Waals surface area contributed by atoms with Crippen molar-refractivity contribution in [1.29, 1.82) is 0 Å². The second-order valence-electron chi connectivity index (χ2n) is 9.14. The Kier molecular flexibility index (Phi) is 7.49. The van der Waals surface area contributed by atoms with Gasteiger partial charge in [0.15, 0.2) is 16.7 Å². The number of thioether (sulfide) groups is 1. The van der Waals surface area contributed by atoms with Gasteiger partial charge in [0.2, 0.25) is 12.7 Å². The van der Waals surface area contributed by atoms with Crippen molar-refractivity contribution in [2.45, 2.75) is 31.5 Å². The number of piperidine rings is 1. The van der Waals surface area contributed by atoms with Crippen LogP contribution in [0.1, 0.15) is 24.0 Å². The molecule has 2 aromatic carbocycles. The van der Waals surface area contributed by atoms with Crippen LogP contribution < -0.4 is 14.8 Å². The molecule has 0 aliphatic carbocycles. The van der Waals surface area contributed by atoms with Crippen molar-refractivity contribution < 1.29 is 14.3 Å². The Hall–Kier alpha value is -3.10. The van der Waals surface area contributed by atoms with Crippen molar-refractivity contribution in [3.63, 3.8) is 0 Å². The number of carbonyl (C=O) groups excluding carboxylic acids is 1. The molecule has 5 rings (SSSR count). The summed E-state index contributed by atoms with van der Waals surface area (Å²) in [5.74, 6) is 2.44. The molecular formula is C27H30N4O3S. The van der Waals surface area contributed by atoms with Gasteiger partial charge >= 0.3 is 0 Å². The van der Waals surface area contributed by atoms with Gasteiger partial charge in [-0.1, -0.05) is 47.7 Å². The van der Waals surface area contributed by atoms with E-state index in [1.807, 2.05) is 18.5 Å². The highest BCUT2D eigenvalue weighted by atomic mass is 32.2. The van der Waals surface area contributed by atoms with Crippen molar-refractivity contribution in [3.05, 3.63) is 66.0 Å². The first-order valence-electron chi connectivity index (χ1n) is 12.0. The zero-order chi connectivity index (χ0) is 24.0. The fraction of sp³-hybridized carbons (Fsp3) is 0.370. The van der Waals surface area contributed by atoms with Crippen LogP contribution in [0.4, 0.5) is 0 Å². The van der Waals surface area contributed by atoms with E-state index in [-0.39, 0.29) is 5.91 Å². The lowest BCUT2D eigenvalue weighted by Gasteiger charge is -2.32. The normalized spacial score (nSPS) is 17.3. The fourth-order valence-corrected chi connectivity index (χ4v) is 5.10. The van der Waals surface area contributed by atoms with E-state index in [2.05, 4.69) is 63.5 Å². The van der Waals surface area contributed by atoms with E-state index in [0.29, 0.717) is 30.2 Å². The molecule has 3 heterocycles. The van der Waals surface area contributed by atoms with E-state index in [1.54, 1.807) is 0 Å². The van der Waals surface area contributed by atoms with Crippen LogP contribution in [-0.4, -0.2) is 53.0 Å². The van der Waals surface area contributed by atoms with E-state index < -0.39 is 0 Å². The molecule has 3 aromatic rings. The molecule has 8 heteroatoms. The number of hydrogen-bond donors (Lipinski definition) is 1. The molecule has 1 amide bonds. The number of aryl methyl sites for hydroxylation is 1. The smallest absolute Gasteiger partial charge is 0.231 e. The summed E-state index contributed by atoms with van der Waals surface area (Å²) < 4.78 is 10.9. The van der Waals surface area contributed by atoms with Gasteiger partial charge in [-0.15, -0.1) is 0 Å². The maximum absolute atomic E-state index is 12.4. The monoisotopic (exact) mass is 490 g/mol. The minimum absolute atomic E-state index is 0.0223. The molecule has 182 valence electrons. The Balaban J connectivity index is 1.05. The molecule has 2 aliphatic rings. The van der Waals surface area contributed by atoms with Gasteiger partial charge in [0.1, 0.15) is 0 Å². The minimum Gasteiger partial charge on any atom is -0.454 e. The molecule has 0 radical (unpaired) electrons. The number of benzene rings is 2. The summed E-state index contributed by atoms with van der Waals surface area (Å²) in [6.45, 7) is 6.00. The number of ether oxygens (including phenoxy) is 2. The third kappa shape index (κ3) is 6.32. The molecule has 0 saturated carbocycles. The maximum Gasteiger partial charge on any atom is 0.231 e. The van der Waals surface area contributed by atoms with Gasteiger partial charge in [0.25, 0.3) is 0 Å². The Bertz CT molecular complexity index is 1150. The Morgan fingerprint density at radius 1 is 1.09 bits per heavy atom. The summed E-state index contributed by atoms with van der Waals surface area (Å²) >= 11 is 1.37. The number of likely N-dealkylation sites (tertiary alicyclic amines) is 1. The van der Waals surface area contributed by atoms with Crippen molar-refractivity contribution >= 4 is 17.7 Å². The van der Waals surface area contributed by atoms with Crippen LogP contribution in [-0.2, 0) is 11.3 Å². The Labute approximate surface area is 210 Å². The standard InChI is InChI=1S/C27H30N4O3S/c1-19-4-7-22(8-5-19)23-13-29-27(30-14-23)35-17-26(32)28-12-21-3-2-10-31(16-21)15-20-6-9-24-25(11-20)34-18-33-24/h4-9,11,13-14,21H,2-3,10,12,15-18H2,1H3,(H,28,32). The fourth-order valence-electron chi connectivity index (χ4n) is 4.48. The minimum atomic E-state index is 0.0223. The quantitative estimate of drug-likeness (QED) is 0.373. The van der Waals surface area contributed by atoms with E-state index >= 15 is 0 Å². The van der Waals surface area contributed by atoms with Crippen molar-refractivity contribution in [1.82, 2.24) is 20.2 Å². The summed E-state index contributed by atoms with van der Waals surface area (Å²) in [7, 11) is 0. The highest BCUT2D eigenvalue weighted by Gasteiger charge is 2.21. The number of hydrogen-bond acceptors (Lipinski definition) is 7. The van der Waals surface area contributed by atoms with Crippen molar-refractivity contribution in [3.8, 4) is 22.6 Å². The van der Waals surface area contributed by atoms with Crippen LogP contribution in [0, 0.1) is 12.8 Å². The van der Waals surface area contributed by atoms with E-state index in [0.717, 1.165) is 55.1 Å². The molecule has 1 N–H and O–H groups in total. The largest absolute Gasteiger partial charge is 0.454 e. The number of carbonyl (C=O) groups is 1. The summed E-state index contributed by atoms with van der Waals surface area (Å²) in [4.78, 5) is 23.7. The zero-order valence-corrected chi connectivity index (χ0v) is 20.7. The van der Waals surface area contributed by atoms with Gasteiger partial charge in [-0.3, -0.25) is 9.69 Å². The first-order chi connectivity index (χ1) is 17.1. The summed E-state index contributed by atoms with van der Waals surface area (Å²) in [6, 6.07) is 14.4. The lowest BCUT2D eigenvalue weighted by atomic mass is 9.97. The number of rotatable bonds is 8. The number of nitrogens with one attached hydrogen (secondary N) is 1. The number of fused-ring (bicyclic) bond motifs is 1. The lowest BCUT2D eigenvalue weighted by Crippen LogP contribution is -2.40. The average molecular weight is 491 g/mol. The predicted octanol–water partition coefficient (Wildman–Crippen LogP) is 4.30. The topological polar surface area (TPSA) is 76.6 Å². The second-order valence-corrected chi connectivity index (χ2v) is 10.1. The zero-order valence-electron chi connectivity index (χ0n) is 19.9. The van der Waals surface area contributed by atoms with Gasteiger partial charge in [-0.2, -0.15) is 0 Å². The molecule has 1 aromatic heterocycles. The SMILES string of the molecule is Cc1ccc(-c2cnc(SCC(=O)NCC3CCCN(Cc4ccc5c(c4)OCO5)C3)nc2)cc1. The highest BCUT2D eigenvalue weighted by Crippen LogP contribution is 2.33. The Morgan fingerprint density at radius 2 is 1.89 bits per heavy atom. The van der Waals surface area contributed by atoms with Crippen LogP contribution in [0.2, 0.25) is 0 Å². The van der Waals surface area contributed by atoms with Crippen molar-refractivity contribution in [2.75, 3.05) is 32.2 Å². The summed E-state index contributed by atoms with van der Waals surface area (Å²) in [6.07, 6.45) is 5.90. The third-order valence-corrected chi connectivity index (χ3v) is 7.26. The molecule has 1 atom stereocenters. The van der Waals surface area contributed by atoms with Gasteiger partial charge in [-0.05, 0) is 55.5 Å². The van der Waals surface area contributed by atoms with Gasteiger partial charge < -0.3 is 14.8 Å². The molecule has 7 nitrogen and oxygen atoms in total. The van der Waals surface area contributed by atoms with E-state index in [1.165, 1.54) is 22.9 Å². The van der Waals surface area contributed by atoms with Gasteiger partial charge in [-0.25, -0.2) is 9.97 Å². The molecule has 2 aliphatic heterocycles. The number of aromatic nitrogens is 2. The molecular weight excluding hydrogens is 460 g/mol. The lowest BCUT2D eigenvalue weighted by molar-refractivity contribution is -0.118. The van der Waals surface area contributed by atoms with Crippen LogP contribution in [0.15, 0.2) is 60.0 Å². The molecule has 35 heavy (non-hydrogen) atoms. The third-order valence-electron chi connectivity index (χ3n) is 6.38. The molecule has 0 spiro atoms. The number of amides is 1. The van der Waals surface area contributed by atoms with Crippen LogP contribution in [0.3, 0.4) is 0 Å². The first kappa shape index (κ1) is 23.6. The van der Waals surface area contributed by atoms with Crippen molar-refractivity contribution in [2.24, 2.45) is 5.92 Å². The molecule has 1 unspecified atom stereocenters. The van der Waals surface area contributed by atoms with Crippen LogP contribution >= 0.6 is 11.8 Å². The molecule has 1 saturated heterocycles. The maximum atomic E-state index is 12.4. The van der Waals surface area contributed by atoms with Crippen LogP contribution in [0.5, 0.6) is 11.5 Å². The van der Waals surface area contributed by atoms with E-state index in [9.17, 15) is 4.79 Å². The Morgan fingerprint density at radius 3 is 2.71 bits per heavy atom. The molecule has 1 fully saturated rings. The predicted molar refractivity (Wildman–Crippen MR) is 137 cm³/mol. The first-order valence-corrected chi connectivity index (χ1v) is 13.0. The second kappa shape index (κ2) is 11.1. The highest BCUT2D eigenvalue weighted by molar-refractivity contribution is 7.99. The van der Waals surface area contributed by atoms with Gasteiger partial charge in [0, 0.05) is 37.6 Å². The summed E-state index contributed by atoms with van der Waals surface area (Å²) in [5.41, 5.74) is 4.51. The summed E-state index contributed by atoms with van der Waals surface area (Å²) in [5, 5.41) is 3.72. The van der Waals surface area contributed by atoms with Gasteiger partial charge in [0.05, 0.1) is 5.75 Å². The molecule has 0 bridgehead atoms. The number of nitrogens with zero attached hydrogens (tertiary/aromatic N) is 3. The van der Waals surface area contributed by atoms with E-state index in [4.69, 9.17) is 9.47 Å². The van der Waals surface area contributed by atoms with Crippen LogP contribution in [0.25, 0.3) is 11.1 Å².